The summed E-state index contributed by atoms with van der Waals surface area (Å²) in [6, 6.07) is 0. The number of hydrogen-bond donors (Lipinski definition) is 1. The van der Waals surface area contributed by atoms with E-state index in [2.05, 4.69) is 27.4 Å². The fourth-order valence-electron chi connectivity index (χ4n) is 8.16. The Morgan fingerprint density at radius 2 is 1.70 bits per heavy atom. The Morgan fingerprint density at radius 3 is 2.30 bits per heavy atom. The Balaban J connectivity index is 1.80. The van der Waals surface area contributed by atoms with Gasteiger partial charge in [-0.1, -0.05) is 27.4 Å². The van der Waals surface area contributed by atoms with Crippen molar-refractivity contribution in [2.75, 3.05) is 0 Å². The Morgan fingerprint density at radius 1 is 1.07 bits per heavy atom. The second kappa shape index (κ2) is 6.41. The van der Waals surface area contributed by atoms with Crippen LogP contribution in [0.25, 0.3) is 0 Å². The smallest absolute Gasteiger partial charge is 0.302 e. The molecule has 2 bridgehead atoms. The van der Waals surface area contributed by atoms with Crippen molar-refractivity contribution in [2.24, 2.45) is 28.1 Å². The fraction of sp³-hybridized carbons (Fsp3) is 0.792. The number of carbonyl (C=O) groups excluding carboxylic acids is 3. The zero-order chi connectivity index (χ0) is 22.3. The molecule has 30 heavy (non-hydrogen) atoms. The third kappa shape index (κ3) is 2.68. The second-order valence-electron chi connectivity index (χ2n) is 11.1. The van der Waals surface area contributed by atoms with Gasteiger partial charge < -0.3 is 14.6 Å². The summed E-state index contributed by atoms with van der Waals surface area (Å²) < 4.78 is 11.5. The molecule has 1 N–H and O–H groups in total. The number of ketones is 1. The molecule has 0 saturated heterocycles. The Hall–Kier alpha value is -1.69. The first-order chi connectivity index (χ1) is 13.8. The number of ether oxygens (including phenoxy) is 2. The molecule has 1 spiro atoms. The number of fused-ring (bicyclic) bond motifs is 3. The van der Waals surface area contributed by atoms with Crippen molar-refractivity contribution in [3.8, 4) is 0 Å². The van der Waals surface area contributed by atoms with Crippen LogP contribution in [0.5, 0.6) is 0 Å². The minimum absolute atomic E-state index is 0.0516. The van der Waals surface area contributed by atoms with Gasteiger partial charge in [-0.15, -0.1) is 0 Å². The van der Waals surface area contributed by atoms with E-state index in [-0.39, 0.29) is 52.5 Å². The molecular weight excluding hydrogens is 384 g/mol. The van der Waals surface area contributed by atoms with Crippen LogP contribution in [-0.2, 0) is 23.9 Å². The summed E-state index contributed by atoms with van der Waals surface area (Å²) in [4.78, 5) is 37.2. The van der Waals surface area contributed by atoms with Crippen LogP contribution >= 0.6 is 0 Å². The van der Waals surface area contributed by atoms with E-state index in [0.29, 0.717) is 19.3 Å². The lowest BCUT2D eigenvalue weighted by atomic mass is 9.40. The Bertz CT molecular complexity index is 830. The van der Waals surface area contributed by atoms with Crippen molar-refractivity contribution in [2.45, 2.75) is 91.0 Å². The van der Waals surface area contributed by atoms with E-state index >= 15 is 0 Å². The van der Waals surface area contributed by atoms with Gasteiger partial charge in [-0.05, 0) is 43.4 Å². The molecule has 0 radical (unpaired) electrons. The molecule has 0 aromatic rings. The highest BCUT2D eigenvalue weighted by Crippen LogP contribution is 2.72. The van der Waals surface area contributed by atoms with Crippen LogP contribution < -0.4 is 0 Å². The van der Waals surface area contributed by atoms with Crippen molar-refractivity contribution in [3.63, 3.8) is 0 Å². The van der Waals surface area contributed by atoms with Crippen LogP contribution in [0.3, 0.4) is 0 Å². The molecule has 4 rings (SSSR count). The average Bonchev–Trinajstić information content (AvgIpc) is 2.74. The molecule has 166 valence electrons. The number of rotatable bonds is 2. The van der Waals surface area contributed by atoms with Gasteiger partial charge in [0, 0.05) is 42.6 Å². The second-order valence-corrected chi connectivity index (χ2v) is 11.1. The van der Waals surface area contributed by atoms with Gasteiger partial charge >= 0.3 is 11.9 Å². The van der Waals surface area contributed by atoms with Crippen LogP contribution in [0.2, 0.25) is 0 Å². The first kappa shape index (κ1) is 21.5. The van der Waals surface area contributed by atoms with Crippen molar-refractivity contribution >= 4 is 17.7 Å². The van der Waals surface area contributed by atoms with E-state index < -0.39 is 23.1 Å². The van der Waals surface area contributed by atoms with Gasteiger partial charge in [0.2, 0.25) is 0 Å². The first-order valence-corrected chi connectivity index (χ1v) is 11.1. The van der Waals surface area contributed by atoms with Gasteiger partial charge in [-0.3, -0.25) is 14.4 Å². The molecule has 4 aliphatic carbocycles. The fourth-order valence-corrected chi connectivity index (χ4v) is 8.16. The van der Waals surface area contributed by atoms with Gasteiger partial charge in [0.25, 0.3) is 0 Å². The summed E-state index contributed by atoms with van der Waals surface area (Å²) in [6.45, 7) is 13.3. The topological polar surface area (TPSA) is 89.9 Å². The van der Waals surface area contributed by atoms with E-state index in [1.807, 2.05) is 0 Å². The van der Waals surface area contributed by atoms with Crippen LogP contribution in [-0.4, -0.2) is 40.6 Å². The van der Waals surface area contributed by atoms with Gasteiger partial charge in [0.15, 0.2) is 5.78 Å². The number of hydrogen-bond acceptors (Lipinski definition) is 6. The molecule has 3 unspecified atom stereocenters. The summed E-state index contributed by atoms with van der Waals surface area (Å²) in [5.74, 6) is -0.699. The maximum atomic E-state index is 13.5. The van der Waals surface area contributed by atoms with Gasteiger partial charge in [-0.2, -0.15) is 0 Å². The molecule has 0 aromatic carbocycles. The summed E-state index contributed by atoms with van der Waals surface area (Å²) in [6.07, 6.45) is 2.81. The standard InChI is InChI=1S/C24H34O6/c1-13-20(27)23-10-7-17-21(4,5)18(30-15(3)26)8-9-22(17,6)19(23)16(29-14(2)25)11-24(13,28)12-23/h16-19,28H,1,7-12H2,2-6H3/t16-,17+,18?,19-,22?,23+,24?/m0/s1. The van der Waals surface area contributed by atoms with Gasteiger partial charge in [0.05, 0.1) is 5.60 Å². The summed E-state index contributed by atoms with van der Waals surface area (Å²) in [5.41, 5.74) is -2.30. The molecule has 0 heterocycles. The number of carbonyl (C=O) groups is 3. The van der Waals surface area contributed by atoms with E-state index in [9.17, 15) is 19.5 Å². The molecule has 0 aromatic heterocycles. The molecule has 6 nitrogen and oxygen atoms in total. The molecule has 7 atom stereocenters. The quantitative estimate of drug-likeness (QED) is 0.546. The average molecular weight is 419 g/mol. The minimum atomic E-state index is -1.29. The van der Waals surface area contributed by atoms with Crippen molar-refractivity contribution in [3.05, 3.63) is 12.2 Å². The van der Waals surface area contributed by atoms with Crippen LogP contribution in [0.4, 0.5) is 0 Å². The molecule has 0 aliphatic heterocycles. The molecule has 4 fully saturated rings. The van der Waals surface area contributed by atoms with Crippen LogP contribution in [0, 0.1) is 28.1 Å². The summed E-state index contributed by atoms with van der Waals surface area (Å²) in [5, 5.41) is 11.2. The third-order valence-electron chi connectivity index (χ3n) is 9.09. The predicted octanol–water partition coefficient (Wildman–Crippen LogP) is 3.35. The van der Waals surface area contributed by atoms with Crippen molar-refractivity contribution in [1.29, 1.82) is 0 Å². The Labute approximate surface area is 178 Å². The lowest BCUT2D eigenvalue weighted by Gasteiger charge is -2.65. The zero-order valence-corrected chi connectivity index (χ0v) is 18.7. The molecule has 4 aliphatic rings. The Kier molecular flexibility index (Phi) is 4.60. The summed E-state index contributed by atoms with van der Waals surface area (Å²) in [7, 11) is 0. The number of aliphatic hydroxyl groups is 1. The highest BCUT2D eigenvalue weighted by molar-refractivity contribution is 6.05. The lowest BCUT2D eigenvalue weighted by Crippen LogP contribution is -2.65. The SMILES string of the molecule is C=C1C(=O)[C@@]23CC[C@@H]4C(C)(C)C(OC(C)=O)CCC4(C)[C@@H]2[C@@H](OC(C)=O)CC1(O)C3. The van der Waals surface area contributed by atoms with Crippen LogP contribution in [0.15, 0.2) is 12.2 Å². The zero-order valence-electron chi connectivity index (χ0n) is 18.7. The largest absolute Gasteiger partial charge is 0.462 e. The minimum Gasteiger partial charge on any atom is -0.462 e. The lowest BCUT2D eigenvalue weighted by molar-refractivity contribution is -0.230. The summed E-state index contributed by atoms with van der Waals surface area (Å²) >= 11 is 0. The van der Waals surface area contributed by atoms with E-state index in [1.54, 1.807) is 0 Å². The first-order valence-electron chi connectivity index (χ1n) is 11.1. The van der Waals surface area contributed by atoms with Crippen LogP contribution in [0.1, 0.15) is 73.1 Å². The molecule has 6 heteroatoms. The van der Waals surface area contributed by atoms with E-state index in [0.717, 1.165) is 12.8 Å². The third-order valence-corrected chi connectivity index (χ3v) is 9.09. The molecule has 4 saturated carbocycles. The maximum Gasteiger partial charge on any atom is 0.302 e. The van der Waals surface area contributed by atoms with Crippen molar-refractivity contribution < 1.29 is 29.0 Å². The monoisotopic (exact) mass is 418 g/mol. The predicted molar refractivity (Wildman–Crippen MR) is 109 cm³/mol. The highest BCUT2D eigenvalue weighted by atomic mass is 16.5. The normalized spacial score (nSPS) is 46.6. The van der Waals surface area contributed by atoms with Crippen molar-refractivity contribution in [1.82, 2.24) is 0 Å². The molecular formula is C24H34O6. The highest BCUT2D eigenvalue weighted by Gasteiger charge is 2.74. The number of Topliss-reactive ketones (excluding diaryl/α,β-unsaturated/α-hetero) is 1. The maximum absolute atomic E-state index is 13.5. The van der Waals surface area contributed by atoms with Gasteiger partial charge in [-0.25, -0.2) is 0 Å². The van der Waals surface area contributed by atoms with E-state index in [1.165, 1.54) is 13.8 Å². The van der Waals surface area contributed by atoms with E-state index in [4.69, 9.17) is 9.47 Å². The van der Waals surface area contributed by atoms with Gasteiger partial charge in [0.1, 0.15) is 12.2 Å². The number of esters is 2. The molecule has 0 amide bonds.